The van der Waals surface area contributed by atoms with E-state index in [4.69, 9.17) is 0 Å². The molecule has 2 aliphatic heterocycles. The van der Waals surface area contributed by atoms with E-state index in [-0.39, 0.29) is 0 Å². The van der Waals surface area contributed by atoms with Gasteiger partial charge in [0.05, 0.1) is 11.4 Å². The van der Waals surface area contributed by atoms with E-state index in [1.54, 1.807) is 16.4 Å². The van der Waals surface area contributed by atoms with Crippen molar-refractivity contribution in [2.24, 2.45) is 4.99 Å². The van der Waals surface area contributed by atoms with E-state index in [9.17, 15) is 8.42 Å². The third kappa shape index (κ3) is 3.25. The van der Waals surface area contributed by atoms with Gasteiger partial charge in [-0.15, -0.1) is 0 Å². The lowest BCUT2D eigenvalue weighted by molar-refractivity contribution is 0.477. The fraction of sp³-hybridized carbons (Fsp3) is 0.533. The first-order chi connectivity index (χ1) is 10.6. The summed E-state index contributed by atoms with van der Waals surface area (Å²) in [6, 6.07) is 7.47. The molecule has 2 N–H and O–H groups in total. The first kappa shape index (κ1) is 15.3. The van der Waals surface area contributed by atoms with Gasteiger partial charge in [-0.3, -0.25) is 4.99 Å². The minimum atomic E-state index is -3.32. The van der Waals surface area contributed by atoms with Crippen molar-refractivity contribution in [3.63, 3.8) is 0 Å². The van der Waals surface area contributed by atoms with Gasteiger partial charge in [-0.05, 0) is 37.5 Å². The molecule has 0 amide bonds. The van der Waals surface area contributed by atoms with Crippen molar-refractivity contribution >= 4 is 16.0 Å². The molecule has 0 radical (unpaired) electrons. The lowest BCUT2D eigenvalue weighted by Crippen LogP contribution is -2.37. The summed E-state index contributed by atoms with van der Waals surface area (Å²) in [5, 5.41) is 6.45. The van der Waals surface area contributed by atoms with Gasteiger partial charge in [-0.25, -0.2) is 8.42 Å². The van der Waals surface area contributed by atoms with E-state index in [0.29, 0.717) is 30.6 Å². The fourth-order valence-corrected chi connectivity index (χ4v) is 4.22. The zero-order valence-corrected chi connectivity index (χ0v) is 13.6. The van der Waals surface area contributed by atoms with Gasteiger partial charge in [0.25, 0.3) is 0 Å². The molecule has 1 saturated heterocycles. The number of nitrogens with one attached hydrogen (secondary N) is 2. The molecule has 22 heavy (non-hydrogen) atoms. The van der Waals surface area contributed by atoms with Crippen LogP contribution in [0, 0.1) is 0 Å². The number of hydrogen-bond acceptors (Lipinski definition) is 5. The predicted molar refractivity (Wildman–Crippen MR) is 86.2 cm³/mol. The van der Waals surface area contributed by atoms with Crippen LogP contribution in [0.5, 0.6) is 0 Å². The molecule has 1 aromatic carbocycles. The molecular weight excluding hydrogens is 300 g/mol. The van der Waals surface area contributed by atoms with Crippen LogP contribution in [-0.4, -0.2) is 44.4 Å². The molecule has 1 unspecified atom stereocenters. The van der Waals surface area contributed by atoms with Gasteiger partial charge < -0.3 is 10.6 Å². The maximum absolute atomic E-state index is 12.4. The summed E-state index contributed by atoms with van der Waals surface area (Å²) in [6.45, 7) is 4.76. The van der Waals surface area contributed by atoms with Crippen LogP contribution in [0.4, 0.5) is 0 Å². The lowest BCUT2D eigenvalue weighted by atomic mass is 10.2. The molecule has 2 heterocycles. The smallest absolute Gasteiger partial charge is 0.243 e. The summed E-state index contributed by atoms with van der Waals surface area (Å²) >= 11 is 0. The van der Waals surface area contributed by atoms with Gasteiger partial charge in [0, 0.05) is 25.7 Å². The summed E-state index contributed by atoms with van der Waals surface area (Å²) in [5.74, 6) is 0.807. The second-order valence-corrected chi connectivity index (χ2v) is 7.78. The Kier molecular flexibility index (Phi) is 4.35. The minimum Gasteiger partial charge on any atom is -0.352 e. The third-order valence-corrected chi connectivity index (χ3v) is 5.91. The van der Waals surface area contributed by atoms with E-state index in [1.807, 2.05) is 12.1 Å². The summed E-state index contributed by atoms with van der Waals surface area (Å²) in [4.78, 5) is 4.71. The van der Waals surface area contributed by atoms with E-state index in [0.717, 1.165) is 30.9 Å². The molecule has 2 aliphatic rings. The van der Waals surface area contributed by atoms with Crippen molar-refractivity contribution in [2.45, 2.75) is 37.2 Å². The SMILES string of the molecule is CC1CN=C(NCc2ccc(S(=O)(=O)N3CCCC3)cc2)N1. The molecule has 1 atom stereocenters. The molecule has 1 fully saturated rings. The number of hydrogen-bond donors (Lipinski definition) is 2. The van der Waals surface area contributed by atoms with E-state index in [1.165, 1.54) is 0 Å². The highest BCUT2D eigenvalue weighted by Crippen LogP contribution is 2.21. The molecule has 0 spiro atoms. The van der Waals surface area contributed by atoms with Crippen molar-refractivity contribution in [3.05, 3.63) is 29.8 Å². The van der Waals surface area contributed by atoms with Crippen LogP contribution in [0.15, 0.2) is 34.2 Å². The van der Waals surface area contributed by atoms with Crippen molar-refractivity contribution in [1.82, 2.24) is 14.9 Å². The maximum atomic E-state index is 12.4. The Bertz CT molecular complexity index is 649. The van der Waals surface area contributed by atoms with Crippen LogP contribution in [0.2, 0.25) is 0 Å². The van der Waals surface area contributed by atoms with Crippen LogP contribution >= 0.6 is 0 Å². The average molecular weight is 322 g/mol. The van der Waals surface area contributed by atoms with Crippen LogP contribution in [0.25, 0.3) is 0 Å². The van der Waals surface area contributed by atoms with E-state index >= 15 is 0 Å². The monoisotopic (exact) mass is 322 g/mol. The Balaban J connectivity index is 1.62. The van der Waals surface area contributed by atoms with E-state index in [2.05, 4.69) is 22.5 Å². The Morgan fingerprint density at radius 3 is 2.55 bits per heavy atom. The van der Waals surface area contributed by atoms with Gasteiger partial charge >= 0.3 is 0 Å². The molecule has 6 nitrogen and oxygen atoms in total. The van der Waals surface area contributed by atoms with Gasteiger partial charge in [-0.2, -0.15) is 4.31 Å². The highest BCUT2D eigenvalue weighted by molar-refractivity contribution is 7.89. The maximum Gasteiger partial charge on any atom is 0.243 e. The number of nitrogens with zero attached hydrogens (tertiary/aromatic N) is 2. The highest BCUT2D eigenvalue weighted by atomic mass is 32.2. The van der Waals surface area contributed by atoms with Gasteiger partial charge in [0.2, 0.25) is 10.0 Å². The van der Waals surface area contributed by atoms with Gasteiger partial charge in [-0.1, -0.05) is 12.1 Å². The van der Waals surface area contributed by atoms with Crippen molar-refractivity contribution in [3.8, 4) is 0 Å². The first-order valence-electron chi connectivity index (χ1n) is 7.70. The number of aliphatic imine (C=N–C) groups is 1. The number of guanidine groups is 1. The second kappa shape index (κ2) is 6.26. The number of rotatable bonds is 4. The Hall–Kier alpha value is -1.60. The predicted octanol–water partition coefficient (Wildman–Crippen LogP) is 0.908. The molecule has 3 rings (SSSR count). The Morgan fingerprint density at radius 1 is 1.27 bits per heavy atom. The zero-order chi connectivity index (χ0) is 15.6. The molecule has 0 aliphatic carbocycles. The van der Waals surface area contributed by atoms with Crippen molar-refractivity contribution < 1.29 is 8.42 Å². The lowest BCUT2D eigenvalue weighted by Gasteiger charge is -2.15. The van der Waals surface area contributed by atoms with Crippen LogP contribution in [0.1, 0.15) is 25.3 Å². The molecule has 0 bridgehead atoms. The minimum absolute atomic E-state index is 0.371. The zero-order valence-electron chi connectivity index (χ0n) is 12.7. The Morgan fingerprint density at radius 2 is 1.95 bits per heavy atom. The summed E-state index contributed by atoms with van der Waals surface area (Å²) < 4.78 is 26.4. The van der Waals surface area contributed by atoms with Gasteiger partial charge in [0.1, 0.15) is 0 Å². The largest absolute Gasteiger partial charge is 0.352 e. The molecular formula is C15H22N4O2S. The number of sulfonamides is 1. The Labute approximate surface area is 131 Å². The molecule has 120 valence electrons. The van der Waals surface area contributed by atoms with E-state index < -0.39 is 10.0 Å². The van der Waals surface area contributed by atoms with Crippen LogP contribution in [-0.2, 0) is 16.6 Å². The summed E-state index contributed by atoms with van der Waals surface area (Å²) in [7, 11) is -3.32. The summed E-state index contributed by atoms with van der Waals surface area (Å²) in [6.07, 6.45) is 1.91. The van der Waals surface area contributed by atoms with Crippen LogP contribution < -0.4 is 10.6 Å². The molecule has 7 heteroatoms. The third-order valence-electron chi connectivity index (χ3n) is 3.99. The summed E-state index contributed by atoms with van der Waals surface area (Å²) in [5.41, 5.74) is 1.03. The standard InChI is InChI=1S/C15H22N4O2S/c1-12-10-16-15(18-12)17-11-13-4-6-14(7-5-13)22(20,21)19-8-2-3-9-19/h4-7,12H,2-3,8-11H2,1H3,(H2,16,17,18). The molecule has 0 aromatic heterocycles. The topological polar surface area (TPSA) is 73.8 Å². The number of benzene rings is 1. The van der Waals surface area contributed by atoms with Gasteiger partial charge in [0.15, 0.2) is 5.96 Å². The van der Waals surface area contributed by atoms with Crippen molar-refractivity contribution in [2.75, 3.05) is 19.6 Å². The van der Waals surface area contributed by atoms with Crippen LogP contribution in [0.3, 0.4) is 0 Å². The fourth-order valence-electron chi connectivity index (χ4n) is 2.70. The first-order valence-corrected chi connectivity index (χ1v) is 9.14. The quantitative estimate of drug-likeness (QED) is 0.864. The average Bonchev–Trinajstić information content (AvgIpc) is 3.17. The normalized spacial score (nSPS) is 22.4. The molecule has 1 aromatic rings. The highest BCUT2D eigenvalue weighted by Gasteiger charge is 2.26. The second-order valence-electron chi connectivity index (χ2n) is 5.84. The van der Waals surface area contributed by atoms with Crippen molar-refractivity contribution in [1.29, 1.82) is 0 Å². The molecule has 0 saturated carbocycles.